The lowest BCUT2D eigenvalue weighted by molar-refractivity contribution is 0.666. The topological polar surface area (TPSA) is 18.1 Å². The number of benzene rings is 14. The SMILES string of the molecule is c1ccc2c(c1)oc1c(-n3c4ccccc4c4cc(-c5ccc6c(c5)c5ccccc5c5cc7c(cc65)sc5cc6c8ccc(-c9cccc%10c9sc9ccccc9%10)cc8c8ccccc8c6cc57)ccc43)cccc12. The summed E-state index contributed by atoms with van der Waals surface area (Å²) in [6.07, 6.45) is 0. The lowest BCUT2D eigenvalue weighted by Crippen LogP contribution is -1.94. The molecule has 0 aliphatic rings. The van der Waals surface area contributed by atoms with Gasteiger partial charge in [-0.1, -0.05) is 164 Å². The lowest BCUT2D eigenvalue weighted by Gasteiger charge is -2.13. The van der Waals surface area contributed by atoms with Crippen LogP contribution in [0, 0.1) is 0 Å². The van der Waals surface area contributed by atoms with Gasteiger partial charge in [0.1, 0.15) is 5.58 Å². The van der Waals surface area contributed by atoms with Crippen molar-refractivity contribution in [3.8, 4) is 27.9 Å². The smallest absolute Gasteiger partial charge is 0.159 e. The third kappa shape index (κ3) is 5.59. The van der Waals surface area contributed by atoms with Gasteiger partial charge in [0.05, 0.1) is 16.7 Å². The number of nitrogens with zero attached hydrogens (tertiary/aromatic N) is 1. The molecule has 0 N–H and O–H groups in total. The van der Waals surface area contributed by atoms with Crippen molar-refractivity contribution in [3.63, 3.8) is 0 Å². The van der Waals surface area contributed by atoms with Crippen LogP contribution in [-0.2, 0) is 0 Å². The highest BCUT2D eigenvalue weighted by Gasteiger charge is 2.21. The summed E-state index contributed by atoms with van der Waals surface area (Å²) in [7, 11) is 0. The number of furan rings is 1. The van der Waals surface area contributed by atoms with Crippen LogP contribution in [-0.4, -0.2) is 4.57 Å². The maximum absolute atomic E-state index is 6.60. The summed E-state index contributed by atoms with van der Waals surface area (Å²) in [5.41, 5.74) is 10.1. The average Bonchev–Trinajstić information content (AvgIpc) is 4.31. The summed E-state index contributed by atoms with van der Waals surface area (Å²) in [5.74, 6) is 0. The van der Waals surface area contributed by atoms with Crippen molar-refractivity contribution in [2.45, 2.75) is 0 Å². The van der Waals surface area contributed by atoms with Gasteiger partial charge in [0.25, 0.3) is 0 Å². The molecule has 4 heterocycles. The van der Waals surface area contributed by atoms with Crippen molar-refractivity contribution in [2.75, 3.05) is 0 Å². The second-order valence-electron chi connectivity index (χ2n) is 20.6. The molecule has 0 aliphatic heterocycles. The maximum atomic E-state index is 6.60. The molecule has 4 aromatic heterocycles. The van der Waals surface area contributed by atoms with E-state index in [9.17, 15) is 0 Å². The van der Waals surface area contributed by atoms with Gasteiger partial charge in [-0.15, -0.1) is 22.7 Å². The van der Waals surface area contributed by atoms with Gasteiger partial charge in [0, 0.05) is 61.9 Å². The van der Waals surface area contributed by atoms with E-state index in [1.807, 2.05) is 28.7 Å². The molecule has 4 heteroatoms. The lowest BCUT2D eigenvalue weighted by atomic mass is 9.90. The molecule has 76 heavy (non-hydrogen) atoms. The Morgan fingerprint density at radius 3 is 1.46 bits per heavy atom. The van der Waals surface area contributed by atoms with Gasteiger partial charge < -0.3 is 8.98 Å². The molecule has 18 rings (SSSR count). The third-order valence-electron chi connectivity index (χ3n) is 16.7. The predicted octanol–water partition coefficient (Wildman–Crippen LogP) is 21.7. The van der Waals surface area contributed by atoms with E-state index >= 15 is 0 Å². The number of thiophene rings is 2. The Balaban J connectivity index is 0.804. The number of hydrogen-bond acceptors (Lipinski definition) is 3. The third-order valence-corrected chi connectivity index (χ3v) is 19.1. The van der Waals surface area contributed by atoms with E-state index in [0.29, 0.717) is 0 Å². The quantitative estimate of drug-likeness (QED) is 0.161. The molecule has 0 radical (unpaired) electrons. The first-order valence-electron chi connectivity index (χ1n) is 26.0. The normalized spacial score (nSPS) is 12.5. The van der Waals surface area contributed by atoms with Crippen LogP contribution in [0.5, 0.6) is 0 Å². The van der Waals surface area contributed by atoms with E-state index in [1.165, 1.54) is 138 Å². The van der Waals surface area contributed by atoms with Gasteiger partial charge >= 0.3 is 0 Å². The van der Waals surface area contributed by atoms with Crippen LogP contribution < -0.4 is 0 Å². The van der Waals surface area contributed by atoms with Gasteiger partial charge in [-0.3, -0.25) is 0 Å². The molecule has 0 atom stereocenters. The Kier molecular flexibility index (Phi) is 8.19. The molecule has 0 unspecified atom stereocenters. The minimum Gasteiger partial charge on any atom is -0.454 e. The van der Waals surface area contributed by atoms with E-state index in [1.54, 1.807) is 0 Å². The average molecular weight is 998 g/mol. The van der Waals surface area contributed by atoms with E-state index in [-0.39, 0.29) is 0 Å². The second kappa shape index (κ2) is 15.1. The highest BCUT2D eigenvalue weighted by atomic mass is 32.1. The summed E-state index contributed by atoms with van der Waals surface area (Å²) in [6, 6.07) is 88.5. The molecule has 0 bridgehead atoms. The largest absolute Gasteiger partial charge is 0.454 e. The van der Waals surface area contributed by atoms with Crippen LogP contribution in [0.25, 0.3) is 177 Å². The Morgan fingerprint density at radius 1 is 0.263 bits per heavy atom. The first-order chi connectivity index (χ1) is 37.7. The summed E-state index contributed by atoms with van der Waals surface area (Å²) < 4.78 is 14.3. The molecule has 350 valence electrons. The monoisotopic (exact) mass is 997 g/mol. The second-order valence-corrected chi connectivity index (χ2v) is 22.8. The standard InChI is InChI=1S/C72H39NOS2/c1-3-15-46-44(13-1)55-33-40(41-29-32-65-61(34-41)50-17-5-8-23-64(50)73(65)66-24-12-21-53-51-18-6-9-25-67(51)74-71(53)66)27-30-48(55)59-38-69-62(36-57(46)59)63-37-58-47-16-4-2-14-45(47)56-35-42(28-31-49(56)60(58)39-70(63)75-69)43-20-11-22-54-52-19-7-10-26-68(52)76-72(43)54/h1-39H. The highest BCUT2D eigenvalue weighted by molar-refractivity contribution is 7.26. The first kappa shape index (κ1) is 41.1. The number of rotatable bonds is 3. The fourth-order valence-electron chi connectivity index (χ4n) is 13.3. The Hall–Kier alpha value is -9.32. The van der Waals surface area contributed by atoms with Gasteiger partial charge in [-0.2, -0.15) is 0 Å². The molecular formula is C72H39NOS2. The van der Waals surface area contributed by atoms with Crippen molar-refractivity contribution in [3.05, 3.63) is 237 Å². The van der Waals surface area contributed by atoms with Crippen LogP contribution in [0.2, 0.25) is 0 Å². The summed E-state index contributed by atoms with van der Waals surface area (Å²) >= 11 is 3.82. The molecular weight excluding hydrogens is 959 g/mol. The molecule has 0 fully saturated rings. The maximum Gasteiger partial charge on any atom is 0.159 e. The van der Waals surface area contributed by atoms with Gasteiger partial charge in [-0.25, -0.2) is 0 Å². The number of hydrogen-bond donors (Lipinski definition) is 0. The molecule has 18 aromatic rings. The van der Waals surface area contributed by atoms with Crippen molar-refractivity contribution in [1.82, 2.24) is 4.57 Å². The number of para-hydroxylation sites is 3. The first-order valence-corrected chi connectivity index (χ1v) is 27.7. The van der Waals surface area contributed by atoms with Crippen molar-refractivity contribution < 1.29 is 4.42 Å². The predicted molar refractivity (Wildman–Crippen MR) is 330 cm³/mol. The van der Waals surface area contributed by atoms with Crippen LogP contribution >= 0.6 is 22.7 Å². The van der Waals surface area contributed by atoms with E-state index in [4.69, 9.17) is 4.42 Å². The number of fused-ring (bicyclic) bond motifs is 24. The highest BCUT2D eigenvalue weighted by Crippen LogP contribution is 2.48. The fraction of sp³-hybridized carbons (Fsp3) is 0. The fourth-order valence-corrected chi connectivity index (χ4v) is 15.7. The minimum atomic E-state index is 0.902. The van der Waals surface area contributed by atoms with Crippen LogP contribution in [0.1, 0.15) is 0 Å². The zero-order chi connectivity index (χ0) is 49.3. The van der Waals surface area contributed by atoms with E-state index in [0.717, 1.165) is 38.7 Å². The zero-order valence-electron chi connectivity index (χ0n) is 40.7. The summed E-state index contributed by atoms with van der Waals surface area (Å²) in [4.78, 5) is 0. The minimum absolute atomic E-state index is 0.902. The Morgan fingerprint density at radius 2 is 0.750 bits per heavy atom. The molecule has 0 spiro atoms. The molecule has 14 aromatic carbocycles. The molecule has 0 saturated heterocycles. The van der Waals surface area contributed by atoms with Gasteiger partial charge in [-0.05, 0) is 160 Å². The summed E-state index contributed by atoms with van der Waals surface area (Å²) in [6.45, 7) is 0. The number of aromatic nitrogens is 1. The summed E-state index contributed by atoms with van der Waals surface area (Å²) in [5, 5.41) is 25.5. The zero-order valence-corrected chi connectivity index (χ0v) is 42.3. The Labute approximate surface area is 442 Å². The van der Waals surface area contributed by atoms with Crippen molar-refractivity contribution >= 4 is 171 Å². The molecule has 0 saturated carbocycles. The van der Waals surface area contributed by atoms with Crippen LogP contribution in [0.4, 0.5) is 0 Å². The molecule has 2 nitrogen and oxygen atoms in total. The van der Waals surface area contributed by atoms with E-state index < -0.39 is 0 Å². The van der Waals surface area contributed by atoms with Crippen molar-refractivity contribution in [2.24, 2.45) is 0 Å². The van der Waals surface area contributed by atoms with Gasteiger partial charge in [0.15, 0.2) is 5.58 Å². The van der Waals surface area contributed by atoms with Crippen LogP contribution in [0.3, 0.4) is 0 Å². The van der Waals surface area contributed by atoms with Gasteiger partial charge in [0.2, 0.25) is 0 Å². The van der Waals surface area contributed by atoms with E-state index in [2.05, 4.69) is 235 Å². The molecule has 0 amide bonds. The van der Waals surface area contributed by atoms with Crippen LogP contribution in [0.15, 0.2) is 241 Å². The molecule has 0 aliphatic carbocycles. The Bertz CT molecular complexity index is 5610. The van der Waals surface area contributed by atoms with Crippen molar-refractivity contribution in [1.29, 1.82) is 0 Å².